The minimum absolute atomic E-state index is 0.165. The topological polar surface area (TPSA) is 17.8 Å². The lowest BCUT2D eigenvalue weighted by Crippen LogP contribution is -2.11. The molecule has 0 saturated carbocycles. The zero-order chi connectivity index (χ0) is 15.2. The van der Waals surface area contributed by atoms with Crippen molar-refractivity contribution in [2.75, 3.05) is 5.33 Å². The summed E-state index contributed by atoms with van der Waals surface area (Å²) in [5, 5.41) is 5.54. The first kappa shape index (κ1) is 16.2. The molecule has 0 saturated heterocycles. The molecule has 0 amide bonds. The van der Waals surface area contributed by atoms with Crippen LogP contribution in [-0.4, -0.2) is 15.1 Å². The Morgan fingerprint density at radius 3 is 2.76 bits per heavy atom. The van der Waals surface area contributed by atoms with Crippen molar-refractivity contribution in [2.24, 2.45) is 5.92 Å². The largest absolute Gasteiger partial charge is 0.270 e. The fourth-order valence-electron chi connectivity index (χ4n) is 2.39. The summed E-state index contributed by atoms with van der Waals surface area (Å²) < 4.78 is 15.3. The normalized spacial score (nSPS) is 14.1. The summed E-state index contributed by atoms with van der Waals surface area (Å²) in [7, 11) is 0. The van der Waals surface area contributed by atoms with Crippen LogP contribution in [0.1, 0.15) is 37.6 Å². The van der Waals surface area contributed by atoms with Crippen LogP contribution in [-0.2, 0) is 12.8 Å². The van der Waals surface area contributed by atoms with Gasteiger partial charge in [0.2, 0.25) is 0 Å². The first-order valence-corrected chi connectivity index (χ1v) is 8.59. The molecule has 1 heterocycles. The lowest BCUT2D eigenvalue weighted by molar-refractivity contribution is 0.468. The van der Waals surface area contributed by atoms with E-state index in [1.54, 1.807) is 12.1 Å². The van der Waals surface area contributed by atoms with Crippen LogP contribution in [0.3, 0.4) is 0 Å². The van der Waals surface area contributed by atoms with Gasteiger partial charge in [-0.2, -0.15) is 5.10 Å². The smallest absolute Gasteiger partial charge is 0.123 e. The first-order chi connectivity index (χ1) is 10.1. The summed E-state index contributed by atoms with van der Waals surface area (Å²) >= 11 is 3.57. The number of aromatic nitrogens is 2. The number of halogens is 2. The highest BCUT2D eigenvalue weighted by molar-refractivity contribution is 9.09. The van der Waals surface area contributed by atoms with Gasteiger partial charge in [0.1, 0.15) is 5.82 Å². The van der Waals surface area contributed by atoms with Gasteiger partial charge in [0.15, 0.2) is 0 Å². The lowest BCUT2D eigenvalue weighted by atomic mass is 9.96. The molecule has 2 unspecified atom stereocenters. The van der Waals surface area contributed by atoms with E-state index in [2.05, 4.69) is 47.1 Å². The molecule has 2 rings (SSSR count). The van der Waals surface area contributed by atoms with Crippen molar-refractivity contribution >= 4 is 15.9 Å². The molecule has 2 atom stereocenters. The van der Waals surface area contributed by atoms with Crippen LogP contribution in [0.15, 0.2) is 36.5 Å². The van der Waals surface area contributed by atoms with Crippen molar-refractivity contribution in [3.63, 3.8) is 0 Å². The molecule has 1 aromatic heterocycles. The van der Waals surface area contributed by atoms with Gasteiger partial charge in [-0.05, 0) is 55.9 Å². The number of hydrogen-bond acceptors (Lipinski definition) is 1. The molecule has 1 aromatic carbocycles. The third-order valence-electron chi connectivity index (χ3n) is 3.84. The summed E-state index contributed by atoms with van der Waals surface area (Å²) in [6.07, 6.45) is 4.90. The fourth-order valence-corrected chi connectivity index (χ4v) is 2.85. The Kier molecular flexibility index (Phi) is 5.97. The predicted molar refractivity (Wildman–Crippen MR) is 88.3 cm³/mol. The average molecular weight is 353 g/mol. The Balaban J connectivity index is 2.00. The van der Waals surface area contributed by atoms with Crippen molar-refractivity contribution in [2.45, 2.75) is 39.2 Å². The van der Waals surface area contributed by atoms with E-state index in [0.29, 0.717) is 12.0 Å². The molecule has 2 aromatic rings. The molecule has 0 bridgehead atoms. The van der Waals surface area contributed by atoms with Gasteiger partial charge in [-0.15, -0.1) is 0 Å². The molecule has 0 radical (unpaired) electrons. The van der Waals surface area contributed by atoms with E-state index in [0.717, 1.165) is 35.8 Å². The summed E-state index contributed by atoms with van der Waals surface area (Å²) in [6, 6.07) is 9.38. The number of rotatable bonds is 7. The van der Waals surface area contributed by atoms with E-state index in [4.69, 9.17) is 0 Å². The zero-order valence-electron chi connectivity index (χ0n) is 12.6. The predicted octanol–water partition coefficient (Wildman–Crippen LogP) is 4.79. The van der Waals surface area contributed by atoms with E-state index in [-0.39, 0.29) is 5.82 Å². The maximum absolute atomic E-state index is 13.3. The van der Waals surface area contributed by atoms with Crippen molar-refractivity contribution in [3.8, 4) is 0 Å². The minimum Gasteiger partial charge on any atom is -0.270 e. The Morgan fingerprint density at radius 2 is 2.10 bits per heavy atom. The average Bonchev–Trinajstić information content (AvgIpc) is 2.94. The second kappa shape index (κ2) is 7.74. The van der Waals surface area contributed by atoms with Crippen LogP contribution in [0.4, 0.5) is 4.39 Å². The van der Waals surface area contributed by atoms with Crippen LogP contribution < -0.4 is 0 Å². The number of alkyl halides is 1. The van der Waals surface area contributed by atoms with Gasteiger partial charge in [-0.25, -0.2) is 4.39 Å². The molecule has 0 aliphatic heterocycles. The molecule has 0 aliphatic carbocycles. The Bertz CT molecular complexity index is 567. The van der Waals surface area contributed by atoms with Crippen LogP contribution in [0.25, 0.3) is 0 Å². The van der Waals surface area contributed by atoms with Crippen molar-refractivity contribution < 1.29 is 4.39 Å². The van der Waals surface area contributed by atoms with Gasteiger partial charge in [-0.3, -0.25) is 4.68 Å². The Hall–Kier alpha value is -1.16. The minimum atomic E-state index is -0.165. The molecule has 0 fully saturated rings. The van der Waals surface area contributed by atoms with Crippen LogP contribution in [0, 0.1) is 11.7 Å². The van der Waals surface area contributed by atoms with Crippen molar-refractivity contribution in [1.29, 1.82) is 0 Å². The Labute approximate surface area is 134 Å². The number of benzene rings is 1. The van der Waals surface area contributed by atoms with Crippen molar-refractivity contribution in [1.82, 2.24) is 9.78 Å². The number of hydrogen-bond donors (Lipinski definition) is 0. The monoisotopic (exact) mass is 352 g/mol. The van der Waals surface area contributed by atoms with Crippen molar-refractivity contribution in [3.05, 3.63) is 53.6 Å². The third kappa shape index (κ3) is 4.67. The van der Waals surface area contributed by atoms with Gasteiger partial charge in [0.25, 0.3) is 0 Å². The SMILES string of the molecule is CCC(C)n1ccc(CC(CBr)Cc2cccc(F)c2)n1. The Morgan fingerprint density at radius 1 is 1.29 bits per heavy atom. The van der Waals surface area contributed by atoms with E-state index in [9.17, 15) is 4.39 Å². The molecule has 0 N–H and O–H groups in total. The summed E-state index contributed by atoms with van der Waals surface area (Å²) in [4.78, 5) is 0. The lowest BCUT2D eigenvalue weighted by Gasteiger charge is -2.13. The van der Waals surface area contributed by atoms with E-state index in [1.165, 1.54) is 6.07 Å². The maximum Gasteiger partial charge on any atom is 0.123 e. The highest BCUT2D eigenvalue weighted by Crippen LogP contribution is 2.18. The van der Waals surface area contributed by atoms with E-state index >= 15 is 0 Å². The third-order valence-corrected chi connectivity index (χ3v) is 4.75. The van der Waals surface area contributed by atoms with E-state index < -0.39 is 0 Å². The van der Waals surface area contributed by atoms with Crippen LogP contribution >= 0.6 is 15.9 Å². The van der Waals surface area contributed by atoms with Crippen LogP contribution in [0.2, 0.25) is 0 Å². The van der Waals surface area contributed by atoms with Gasteiger partial charge < -0.3 is 0 Å². The molecule has 0 aliphatic rings. The van der Waals surface area contributed by atoms with Gasteiger partial charge in [0, 0.05) is 17.6 Å². The summed E-state index contributed by atoms with van der Waals surface area (Å²) in [5.41, 5.74) is 2.15. The first-order valence-electron chi connectivity index (χ1n) is 7.46. The standard InChI is InChI=1S/C17H22BrFN2/c1-3-13(2)21-8-7-17(20-21)11-15(12-18)9-14-5-4-6-16(19)10-14/h4-8,10,13,15H,3,9,11-12H2,1-2H3. The fraction of sp³-hybridized carbons (Fsp3) is 0.471. The molecular formula is C17H22BrFN2. The number of nitrogens with zero attached hydrogens (tertiary/aromatic N) is 2. The highest BCUT2D eigenvalue weighted by atomic mass is 79.9. The highest BCUT2D eigenvalue weighted by Gasteiger charge is 2.13. The molecule has 2 nitrogen and oxygen atoms in total. The summed E-state index contributed by atoms with van der Waals surface area (Å²) in [6.45, 7) is 4.34. The second-order valence-electron chi connectivity index (χ2n) is 5.60. The van der Waals surface area contributed by atoms with Gasteiger partial charge in [0.05, 0.1) is 5.69 Å². The second-order valence-corrected chi connectivity index (χ2v) is 6.25. The maximum atomic E-state index is 13.3. The quantitative estimate of drug-likeness (QED) is 0.655. The zero-order valence-corrected chi connectivity index (χ0v) is 14.2. The molecule has 4 heteroatoms. The molecule has 114 valence electrons. The van der Waals surface area contributed by atoms with Gasteiger partial charge in [-0.1, -0.05) is 35.0 Å². The molecule has 0 spiro atoms. The summed E-state index contributed by atoms with van der Waals surface area (Å²) in [5.74, 6) is 0.258. The van der Waals surface area contributed by atoms with Crippen LogP contribution in [0.5, 0.6) is 0 Å². The molecular weight excluding hydrogens is 331 g/mol. The van der Waals surface area contributed by atoms with Gasteiger partial charge >= 0.3 is 0 Å². The van der Waals surface area contributed by atoms with E-state index in [1.807, 2.05) is 10.7 Å². The molecule has 21 heavy (non-hydrogen) atoms.